The van der Waals surface area contributed by atoms with E-state index in [1.165, 1.54) is 7.85 Å². The molecule has 14 heavy (non-hydrogen) atoms. The standard InChI is InChI=1S/C6H8BF7/c7-3-1-2-4(8,5(9,10)11)6(12,13)14/h1-3,7H2. The molecule has 0 N–H and O–H groups in total. The molecule has 0 fully saturated rings. The number of alkyl halides is 7. The quantitative estimate of drug-likeness (QED) is 0.510. The summed E-state index contributed by atoms with van der Waals surface area (Å²) in [6, 6.07) is 0. The lowest BCUT2D eigenvalue weighted by Crippen LogP contribution is -2.53. The number of halogens is 7. The van der Waals surface area contributed by atoms with Gasteiger partial charge >= 0.3 is 12.4 Å². The van der Waals surface area contributed by atoms with Crippen LogP contribution in [-0.2, 0) is 0 Å². The van der Waals surface area contributed by atoms with Gasteiger partial charge in [0.2, 0.25) is 0 Å². The van der Waals surface area contributed by atoms with E-state index in [2.05, 4.69) is 0 Å². The second kappa shape index (κ2) is 3.98. The van der Waals surface area contributed by atoms with Crippen molar-refractivity contribution in [1.29, 1.82) is 0 Å². The largest absolute Gasteiger partial charge is 0.431 e. The maximum atomic E-state index is 12.7. The predicted molar refractivity (Wildman–Crippen MR) is 38.5 cm³/mol. The van der Waals surface area contributed by atoms with Crippen molar-refractivity contribution in [3.63, 3.8) is 0 Å². The number of hydrogen-bond acceptors (Lipinski definition) is 0. The van der Waals surface area contributed by atoms with E-state index >= 15 is 0 Å². The molecular formula is C6H8BF7. The fourth-order valence-corrected chi connectivity index (χ4v) is 0.865. The van der Waals surface area contributed by atoms with Gasteiger partial charge in [-0.1, -0.05) is 12.7 Å². The Kier molecular flexibility index (Phi) is 3.86. The summed E-state index contributed by atoms with van der Waals surface area (Å²) in [4.78, 5) is 0. The molecule has 84 valence electrons. The van der Waals surface area contributed by atoms with Crippen LogP contribution in [0.5, 0.6) is 0 Å². The molecule has 8 heteroatoms. The first-order valence-electron chi connectivity index (χ1n) is 3.88. The van der Waals surface area contributed by atoms with Gasteiger partial charge in [0.1, 0.15) is 7.85 Å². The highest BCUT2D eigenvalue weighted by molar-refractivity contribution is 6.08. The van der Waals surface area contributed by atoms with Gasteiger partial charge in [-0.15, -0.1) is 0 Å². The molecule has 0 rings (SSSR count). The molecule has 0 bridgehead atoms. The normalized spacial score (nSPS) is 14.5. The van der Waals surface area contributed by atoms with Gasteiger partial charge in [0.05, 0.1) is 0 Å². The zero-order valence-corrected chi connectivity index (χ0v) is 7.27. The molecule has 0 atom stereocenters. The number of rotatable bonds is 3. The Bertz CT molecular complexity index is 168. The Labute approximate surface area is 76.9 Å². The SMILES string of the molecule is BCCCC(F)(C(F)(F)F)C(F)(F)F. The molecule has 0 saturated heterocycles. The second-order valence-electron chi connectivity index (χ2n) is 2.90. The Morgan fingerprint density at radius 2 is 1.14 bits per heavy atom. The number of hydrogen-bond donors (Lipinski definition) is 0. The van der Waals surface area contributed by atoms with Crippen LogP contribution in [0.2, 0.25) is 6.32 Å². The molecule has 0 saturated carbocycles. The lowest BCUT2D eigenvalue weighted by atomic mass is 9.92. The molecule has 0 aromatic rings. The van der Waals surface area contributed by atoms with Gasteiger partial charge < -0.3 is 0 Å². The first-order valence-corrected chi connectivity index (χ1v) is 3.88. The van der Waals surface area contributed by atoms with Gasteiger partial charge in [-0.05, 0) is 6.42 Å². The summed E-state index contributed by atoms with van der Waals surface area (Å²) in [5, 5.41) is 0. The molecule has 0 aliphatic heterocycles. The minimum absolute atomic E-state index is 0.0673. The van der Waals surface area contributed by atoms with Crippen molar-refractivity contribution in [2.75, 3.05) is 0 Å². The summed E-state index contributed by atoms with van der Waals surface area (Å²) in [6.07, 6.45) is -13.8. The molecule has 0 aromatic heterocycles. The zero-order chi connectivity index (χ0) is 11.6. The third-order valence-electron chi connectivity index (χ3n) is 1.77. The van der Waals surface area contributed by atoms with Crippen molar-refractivity contribution in [2.45, 2.75) is 37.2 Å². The monoisotopic (exact) mass is 224 g/mol. The van der Waals surface area contributed by atoms with E-state index in [1.54, 1.807) is 0 Å². The summed E-state index contributed by atoms with van der Waals surface area (Å²) in [6.45, 7) is 0. The maximum Gasteiger partial charge on any atom is 0.431 e. The summed E-state index contributed by atoms with van der Waals surface area (Å²) < 4.78 is 83.7. The highest BCUT2D eigenvalue weighted by Gasteiger charge is 2.71. The van der Waals surface area contributed by atoms with E-state index in [-0.39, 0.29) is 6.32 Å². The van der Waals surface area contributed by atoms with Crippen molar-refractivity contribution >= 4 is 7.85 Å². The Balaban J connectivity index is 4.87. The minimum atomic E-state index is -5.90. The average molecular weight is 224 g/mol. The molecule has 0 aromatic carbocycles. The molecule has 0 aliphatic carbocycles. The molecule has 0 heterocycles. The zero-order valence-electron chi connectivity index (χ0n) is 7.27. The van der Waals surface area contributed by atoms with Crippen LogP contribution < -0.4 is 0 Å². The smallest absolute Gasteiger partial charge is 0.224 e. The molecule has 0 spiro atoms. The first kappa shape index (κ1) is 13.6. The second-order valence-corrected chi connectivity index (χ2v) is 2.90. The van der Waals surface area contributed by atoms with Crippen LogP contribution in [0.3, 0.4) is 0 Å². The highest BCUT2D eigenvalue weighted by atomic mass is 19.4. The van der Waals surface area contributed by atoms with E-state index in [0.29, 0.717) is 0 Å². The van der Waals surface area contributed by atoms with Gasteiger partial charge in [-0.3, -0.25) is 0 Å². The van der Waals surface area contributed by atoms with E-state index in [4.69, 9.17) is 0 Å². The summed E-state index contributed by atoms with van der Waals surface area (Å²) >= 11 is 0. The molecule has 0 unspecified atom stereocenters. The first-order chi connectivity index (χ1) is 6.06. The lowest BCUT2D eigenvalue weighted by Gasteiger charge is -2.29. The molecular weight excluding hydrogens is 216 g/mol. The molecule has 0 amide bonds. The fraction of sp³-hybridized carbons (Fsp3) is 1.00. The van der Waals surface area contributed by atoms with Crippen LogP contribution in [0.15, 0.2) is 0 Å². The van der Waals surface area contributed by atoms with Crippen LogP contribution in [0.25, 0.3) is 0 Å². The third-order valence-corrected chi connectivity index (χ3v) is 1.77. The molecule has 0 nitrogen and oxygen atoms in total. The third kappa shape index (κ3) is 2.54. The predicted octanol–water partition coefficient (Wildman–Crippen LogP) is 2.65. The van der Waals surface area contributed by atoms with Crippen molar-refractivity contribution in [1.82, 2.24) is 0 Å². The van der Waals surface area contributed by atoms with E-state index in [1.807, 2.05) is 0 Å². The molecule has 0 radical (unpaired) electrons. The van der Waals surface area contributed by atoms with E-state index in [0.717, 1.165) is 0 Å². The lowest BCUT2D eigenvalue weighted by molar-refractivity contribution is -0.343. The highest BCUT2D eigenvalue weighted by Crippen LogP contribution is 2.48. The van der Waals surface area contributed by atoms with Crippen LogP contribution in [0.1, 0.15) is 12.8 Å². The van der Waals surface area contributed by atoms with Crippen LogP contribution >= 0.6 is 0 Å². The van der Waals surface area contributed by atoms with Gasteiger partial charge in [0.25, 0.3) is 5.67 Å². The molecule has 0 aliphatic rings. The van der Waals surface area contributed by atoms with Crippen LogP contribution in [-0.4, -0.2) is 25.9 Å². The Morgan fingerprint density at radius 3 is 1.36 bits per heavy atom. The maximum absolute atomic E-state index is 12.7. The van der Waals surface area contributed by atoms with Crippen molar-refractivity contribution in [3.8, 4) is 0 Å². The van der Waals surface area contributed by atoms with Crippen molar-refractivity contribution < 1.29 is 30.7 Å². The van der Waals surface area contributed by atoms with E-state index < -0.39 is 30.9 Å². The van der Waals surface area contributed by atoms with Crippen molar-refractivity contribution in [2.24, 2.45) is 0 Å². The van der Waals surface area contributed by atoms with Crippen LogP contribution in [0.4, 0.5) is 30.7 Å². The Hall–Kier alpha value is -0.425. The van der Waals surface area contributed by atoms with Crippen LogP contribution in [0, 0.1) is 0 Å². The van der Waals surface area contributed by atoms with E-state index in [9.17, 15) is 30.7 Å². The minimum Gasteiger partial charge on any atom is -0.224 e. The Morgan fingerprint density at radius 1 is 0.786 bits per heavy atom. The van der Waals surface area contributed by atoms with Gasteiger partial charge in [-0.25, -0.2) is 4.39 Å². The van der Waals surface area contributed by atoms with Gasteiger partial charge in [0, 0.05) is 0 Å². The van der Waals surface area contributed by atoms with Gasteiger partial charge in [0.15, 0.2) is 0 Å². The summed E-state index contributed by atoms with van der Waals surface area (Å²) in [7, 11) is 1.38. The summed E-state index contributed by atoms with van der Waals surface area (Å²) in [5.74, 6) is 0. The topological polar surface area (TPSA) is 0 Å². The average Bonchev–Trinajstić information content (AvgIpc) is 1.95. The van der Waals surface area contributed by atoms with Crippen molar-refractivity contribution in [3.05, 3.63) is 0 Å². The summed E-state index contributed by atoms with van der Waals surface area (Å²) in [5.41, 5.74) is -5.07. The fourth-order valence-electron chi connectivity index (χ4n) is 0.865. The van der Waals surface area contributed by atoms with Gasteiger partial charge in [-0.2, -0.15) is 26.3 Å².